The van der Waals surface area contributed by atoms with E-state index in [9.17, 15) is 0 Å². The molecular weight excluding hydrogens is 258 g/mol. The summed E-state index contributed by atoms with van der Waals surface area (Å²) in [5.74, 6) is 1.59. The van der Waals surface area contributed by atoms with E-state index >= 15 is 0 Å². The summed E-state index contributed by atoms with van der Waals surface area (Å²) in [6, 6.07) is 19.3. The number of ether oxygens (including phenoxy) is 1. The van der Waals surface area contributed by atoms with Crippen LogP contribution in [0.15, 0.2) is 54.6 Å². The molecule has 2 aromatic carbocycles. The molecule has 1 atom stereocenters. The van der Waals surface area contributed by atoms with Crippen LogP contribution >= 0.6 is 0 Å². The Morgan fingerprint density at radius 2 is 1.95 bits per heavy atom. The highest BCUT2D eigenvalue weighted by Crippen LogP contribution is 2.29. The van der Waals surface area contributed by atoms with E-state index in [1.165, 1.54) is 30.5 Å². The summed E-state index contributed by atoms with van der Waals surface area (Å²) >= 11 is 0. The van der Waals surface area contributed by atoms with Crippen LogP contribution in [0.3, 0.4) is 0 Å². The van der Waals surface area contributed by atoms with Gasteiger partial charge in [0.2, 0.25) is 0 Å². The molecule has 1 saturated heterocycles. The maximum atomic E-state index is 5.35. The molecule has 2 nitrogen and oxygen atoms in total. The van der Waals surface area contributed by atoms with Crippen molar-refractivity contribution < 1.29 is 4.74 Å². The smallest absolute Gasteiger partial charge is 0.119 e. The van der Waals surface area contributed by atoms with Gasteiger partial charge in [-0.15, -0.1) is 0 Å². The second-order valence-electron chi connectivity index (χ2n) is 5.84. The molecule has 1 aliphatic rings. The number of likely N-dealkylation sites (tertiary alicyclic amines) is 1. The van der Waals surface area contributed by atoms with Gasteiger partial charge in [-0.1, -0.05) is 42.5 Å². The van der Waals surface area contributed by atoms with Gasteiger partial charge in [0.15, 0.2) is 0 Å². The number of methoxy groups -OCH3 is 1. The van der Waals surface area contributed by atoms with Crippen LogP contribution in [0.4, 0.5) is 0 Å². The lowest BCUT2D eigenvalue weighted by Crippen LogP contribution is -2.33. The lowest BCUT2D eigenvalue weighted by atomic mass is 9.90. The van der Waals surface area contributed by atoms with E-state index in [4.69, 9.17) is 4.74 Å². The summed E-state index contributed by atoms with van der Waals surface area (Å²) in [6.07, 6.45) is 2.55. The number of benzene rings is 2. The predicted octanol–water partition coefficient (Wildman–Crippen LogP) is 4.07. The molecule has 1 fully saturated rings. The predicted molar refractivity (Wildman–Crippen MR) is 86.7 cm³/mol. The van der Waals surface area contributed by atoms with Gasteiger partial charge in [-0.3, -0.25) is 4.90 Å². The fourth-order valence-corrected chi connectivity index (χ4v) is 3.21. The molecule has 2 heteroatoms. The Hall–Kier alpha value is -1.80. The van der Waals surface area contributed by atoms with Gasteiger partial charge in [-0.05, 0) is 48.6 Å². The Bertz CT molecular complexity index is 567. The standard InChI is InChI=1S/C19H23NO/c1-21-19-11-5-9-17(13-19)18-10-6-12-20(15-18)14-16-7-3-2-4-8-16/h2-5,7-9,11,13,18H,6,10,12,14-15H2,1H3. The molecule has 1 heterocycles. The van der Waals surface area contributed by atoms with E-state index in [-0.39, 0.29) is 0 Å². The molecule has 0 bridgehead atoms. The quantitative estimate of drug-likeness (QED) is 0.837. The molecule has 3 rings (SSSR count). The minimum atomic E-state index is 0.623. The van der Waals surface area contributed by atoms with E-state index in [0.29, 0.717) is 5.92 Å². The Labute approximate surface area is 127 Å². The van der Waals surface area contributed by atoms with Crippen molar-refractivity contribution in [2.24, 2.45) is 0 Å². The number of hydrogen-bond donors (Lipinski definition) is 0. The number of nitrogens with zero attached hydrogens (tertiary/aromatic N) is 1. The zero-order valence-electron chi connectivity index (χ0n) is 12.7. The lowest BCUT2D eigenvalue weighted by Gasteiger charge is -2.33. The van der Waals surface area contributed by atoms with Gasteiger partial charge in [-0.25, -0.2) is 0 Å². The lowest BCUT2D eigenvalue weighted by molar-refractivity contribution is 0.200. The molecule has 110 valence electrons. The van der Waals surface area contributed by atoms with E-state index in [1.54, 1.807) is 7.11 Å². The van der Waals surface area contributed by atoms with Crippen LogP contribution in [0.2, 0.25) is 0 Å². The third-order valence-electron chi connectivity index (χ3n) is 4.32. The van der Waals surface area contributed by atoms with Gasteiger partial charge in [0.1, 0.15) is 5.75 Å². The Kier molecular flexibility index (Phi) is 4.56. The topological polar surface area (TPSA) is 12.5 Å². The van der Waals surface area contributed by atoms with E-state index < -0.39 is 0 Å². The second kappa shape index (κ2) is 6.77. The highest BCUT2D eigenvalue weighted by molar-refractivity contribution is 5.31. The van der Waals surface area contributed by atoms with Gasteiger partial charge in [0.25, 0.3) is 0 Å². The zero-order chi connectivity index (χ0) is 14.5. The first-order valence-electron chi connectivity index (χ1n) is 7.75. The van der Waals surface area contributed by atoms with Crippen LogP contribution in [0.1, 0.15) is 29.9 Å². The van der Waals surface area contributed by atoms with Gasteiger partial charge < -0.3 is 4.74 Å². The van der Waals surface area contributed by atoms with Crippen molar-refractivity contribution in [2.75, 3.05) is 20.2 Å². The fraction of sp³-hybridized carbons (Fsp3) is 0.368. The molecule has 0 radical (unpaired) electrons. The van der Waals surface area contributed by atoms with E-state index in [1.807, 2.05) is 6.07 Å². The van der Waals surface area contributed by atoms with Crippen molar-refractivity contribution in [3.8, 4) is 5.75 Å². The highest BCUT2D eigenvalue weighted by atomic mass is 16.5. The van der Waals surface area contributed by atoms with Crippen molar-refractivity contribution in [1.82, 2.24) is 4.90 Å². The van der Waals surface area contributed by atoms with Gasteiger partial charge in [-0.2, -0.15) is 0 Å². The monoisotopic (exact) mass is 281 g/mol. The van der Waals surface area contributed by atoms with Crippen molar-refractivity contribution in [1.29, 1.82) is 0 Å². The molecule has 0 N–H and O–H groups in total. The first-order chi connectivity index (χ1) is 10.3. The van der Waals surface area contributed by atoms with Crippen LogP contribution in [-0.4, -0.2) is 25.1 Å². The van der Waals surface area contributed by atoms with Gasteiger partial charge >= 0.3 is 0 Å². The number of piperidine rings is 1. The fourth-order valence-electron chi connectivity index (χ4n) is 3.21. The molecule has 0 spiro atoms. The maximum absolute atomic E-state index is 5.35. The van der Waals surface area contributed by atoms with Crippen molar-refractivity contribution in [3.63, 3.8) is 0 Å². The summed E-state index contributed by atoms with van der Waals surface area (Å²) in [5.41, 5.74) is 2.82. The molecule has 2 aromatic rings. The molecule has 0 amide bonds. The second-order valence-corrected chi connectivity index (χ2v) is 5.84. The molecule has 0 aliphatic carbocycles. The van der Waals surface area contributed by atoms with E-state index in [2.05, 4.69) is 53.4 Å². The molecule has 1 aliphatic heterocycles. The first-order valence-corrected chi connectivity index (χ1v) is 7.75. The Balaban J connectivity index is 1.67. The molecule has 0 aromatic heterocycles. The Morgan fingerprint density at radius 3 is 2.76 bits per heavy atom. The third kappa shape index (κ3) is 3.64. The van der Waals surface area contributed by atoms with Crippen LogP contribution in [0, 0.1) is 0 Å². The summed E-state index contributed by atoms with van der Waals surface area (Å²) in [6.45, 7) is 3.40. The summed E-state index contributed by atoms with van der Waals surface area (Å²) in [7, 11) is 1.74. The van der Waals surface area contributed by atoms with Crippen LogP contribution in [-0.2, 0) is 6.54 Å². The van der Waals surface area contributed by atoms with Crippen molar-refractivity contribution in [2.45, 2.75) is 25.3 Å². The average molecular weight is 281 g/mol. The van der Waals surface area contributed by atoms with Crippen molar-refractivity contribution in [3.05, 3.63) is 65.7 Å². The zero-order valence-corrected chi connectivity index (χ0v) is 12.7. The summed E-state index contributed by atoms with van der Waals surface area (Å²) in [5, 5.41) is 0. The SMILES string of the molecule is COc1cccc(C2CCCN(Cc3ccccc3)C2)c1. The molecule has 0 saturated carbocycles. The van der Waals surface area contributed by atoms with Crippen LogP contribution in [0.25, 0.3) is 0 Å². The van der Waals surface area contributed by atoms with Crippen molar-refractivity contribution >= 4 is 0 Å². The Morgan fingerprint density at radius 1 is 1.10 bits per heavy atom. The average Bonchev–Trinajstić information content (AvgIpc) is 2.56. The third-order valence-corrected chi connectivity index (χ3v) is 4.32. The highest BCUT2D eigenvalue weighted by Gasteiger charge is 2.21. The minimum absolute atomic E-state index is 0.623. The number of hydrogen-bond acceptors (Lipinski definition) is 2. The number of rotatable bonds is 4. The normalized spacial score (nSPS) is 19.4. The largest absolute Gasteiger partial charge is 0.497 e. The summed E-state index contributed by atoms with van der Waals surface area (Å²) < 4.78 is 5.35. The molecule has 21 heavy (non-hydrogen) atoms. The minimum Gasteiger partial charge on any atom is -0.497 e. The first kappa shape index (κ1) is 14.2. The molecule has 1 unspecified atom stereocenters. The van der Waals surface area contributed by atoms with Gasteiger partial charge in [0.05, 0.1) is 7.11 Å². The van der Waals surface area contributed by atoms with Crippen LogP contribution in [0.5, 0.6) is 5.75 Å². The van der Waals surface area contributed by atoms with Crippen LogP contribution < -0.4 is 4.74 Å². The molecular formula is C19H23NO. The van der Waals surface area contributed by atoms with E-state index in [0.717, 1.165) is 18.8 Å². The summed E-state index contributed by atoms with van der Waals surface area (Å²) in [4.78, 5) is 2.57. The maximum Gasteiger partial charge on any atom is 0.119 e. The van der Waals surface area contributed by atoms with Gasteiger partial charge in [0, 0.05) is 13.1 Å².